The Hall–Kier alpha value is -1.46. The monoisotopic (exact) mass is 260 g/mol. The fraction of sp³-hybridized carbons (Fsp3) is 0.571. The molecule has 5 nitrogen and oxygen atoms in total. The molecule has 0 amide bonds. The summed E-state index contributed by atoms with van der Waals surface area (Å²) >= 11 is 0. The molecule has 19 heavy (non-hydrogen) atoms. The molecule has 1 saturated heterocycles. The Morgan fingerprint density at radius 1 is 1.42 bits per heavy atom. The molecule has 0 saturated carbocycles. The molecule has 2 aromatic heterocycles. The van der Waals surface area contributed by atoms with Gasteiger partial charge >= 0.3 is 0 Å². The van der Waals surface area contributed by atoms with E-state index in [1.807, 2.05) is 6.07 Å². The maximum absolute atomic E-state index is 6.51. The highest BCUT2D eigenvalue weighted by Gasteiger charge is 2.39. The zero-order chi connectivity index (χ0) is 13.7. The minimum absolute atomic E-state index is 0.0829. The van der Waals surface area contributed by atoms with Crippen LogP contribution in [0.1, 0.15) is 33.0 Å². The Kier molecular flexibility index (Phi) is 2.66. The fourth-order valence-electron chi connectivity index (χ4n) is 2.70. The maximum atomic E-state index is 6.51. The Morgan fingerprint density at radius 2 is 2.21 bits per heavy atom. The van der Waals surface area contributed by atoms with Crippen molar-refractivity contribution in [3.63, 3.8) is 0 Å². The largest absolute Gasteiger partial charge is 0.379 e. The van der Waals surface area contributed by atoms with Crippen LogP contribution in [0.2, 0.25) is 0 Å². The standard InChI is InChI=1S/C14H20N4O/c1-13(2,3)18-11-4-6-16-8-10(11)17-12(18)14(15)5-7-19-9-14/h4,6,8H,5,7,9,15H2,1-3H3. The van der Waals surface area contributed by atoms with Gasteiger partial charge in [-0.2, -0.15) is 0 Å². The lowest BCUT2D eigenvalue weighted by atomic mass is 9.97. The van der Waals surface area contributed by atoms with E-state index < -0.39 is 5.54 Å². The lowest BCUT2D eigenvalue weighted by molar-refractivity contribution is 0.173. The second kappa shape index (κ2) is 4.02. The summed E-state index contributed by atoms with van der Waals surface area (Å²) in [5.74, 6) is 0.903. The highest BCUT2D eigenvalue weighted by Crippen LogP contribution is 2.33. The van der Waals surface area contributed by atoms with Crippen LogP contribution < -0.4 is 5.73 Å². The van der Waals surface area contributed by atoms with Crippen LogP contribution in [0.25, 0.3) is 11.0 Å². The van der Waals surface area contributed by atoms with Gasteiger partial charge < -0.3 is 15.0 Å². The van der Waals surface area contributed by atoms with E-state index in [4.69, 9.17) is 15.5 Å². The van der Waals surface area contributed by atoms with Gasteiger partial charge in [0.2, 0.25) is 0 Å². The molecular formula is C14H20N4O. The zero-order valence-corrected chi connectivity index (χ0v) is 11.7. The van der Waals surface area contributed by atoms with E-state index in [2.05, 4.69) is 30.3 Å². The van der Waals surface area contributed by atoms with E-state index in [1.54, 1.807) is 12.4 Å². The van der Waals surface area contributed by atoms with Gasteiger partial charge in [0.05, 0.1) is 18.3 Å². The molecular weight excluding hydrogens is 240 g/mol. The van der Waals surface area contributed by atoms with Crippen molar-refractivity contribution < 1.29 is 4.74 Å². The molecule has 1 fully saturated rings. The lowest BCUT2D eigenvalue weighted by Gasteiger charge is -2.30. The third-order valence-corrected chi connectivity index (χ3v) is 3.63. The maximum Gasteiger partial charge on any atom is 0.133 e. The number of ether oxygens (including phenoxy) is 1. The summed E-state index contributed by atoms with van der Waals surface area (Å²) in [6.07, 6.45) is 4.39. The van der Waals surface area contributed by atoms with E-state index in [9.17, 15) is 0 Å². The first-order valence-corrected chi connectivity index (χ1v) is 6.62. The van der Waals surface area contributed by atoms with Gasteiger partial charge in [-0.15, -0.1) is 0 Å². The molecule has 0 aliphatic carbocycles. The minimum atomic E-state index is -0.494. The summed E-state index contributed by atoms with van der Waals surface area (Å²) in [6, 6.07) is 2.00. The van der Waals surface area contributed by atoms with Gasteiger partial charge in [0, 0.05) is 18.3 Å². The predicted octanol–water partition coefficient (Wildman–Crippen LogP) is 1.76. The lowest BCUT2D eigenvalue weighted by Crippen LogP contribution is -2.42. The number of nitrogens with two attached hydrogens (primary N) is 1. The van der Waals surface area contributed by atoms with Crippen LogP contribution >= 0.6 is 0 Å². The van der Waals surface area contributed by atoms with Crippen molar-refractivity contribution in [2.75, 3.05) is 13.2 Å². The topological polar surface area (TPSA) is 66.0 Å². The van der Waals surface area contributed by atoms with Crippen molar-refractivity contribution in [3.05, 3.63) is 24.3 Å². The molecule has 1 atom stereocenters. The molecule has 102 valence electrons. The number of hydrogen-bond donors (Lipinski definition) is 1. The summed E-state index contributed by atoms with van der Waals surface area (Å²) in [5.41, 5.74) is 7.91. The van der Waals surface area contributed by atoms with Gasteiger partial charge in [-0.05, 0) is 33.3 Å². The number of hydrogen-bond acceptors (Lipinski definition) is 4. The SMILES string of the molecule is CC(C)(C)n1c(C2(N)CCOC2)nc2cnccc21. The normalized spacial score (nSPS) is 24.2. The third kappa shape index (κ3) is 1.93. The van der Waals surface area contributed by atoms with E-state index in [-0.39, 0.29) is 5.54 Å². The summed E-state index contributed by atoms with van der Waals surface area (Å²) in [7, 11) is 0. The second-order valence-electron chi connectivity index (χ2n) is 6.26. The van der Waals surface area contributed by atoms with Crippen molar-refractivity contribution in [2.45, 2.75) is 38.3 Å². The Balaban J connectivity index is 2.29. The van der Waals surface area contributed by atoms with Gasteiger partial charge in [0.15, 0.2) is 0 Å². The first-order chi connectivity index (χ1) is 8.92. The highest BCUT2D eigenvalue weighted by atomic mass is 16.5. The summed E-state index contributed by atoms with van der Waals surface area (Å²) < 4.78 is 7.71. The van der Waals surface area contributed by atoms with Gasteiger partial charge in [-0.1, -0.05) is 0 Å². The molecule has 5 heteroatoms. The molecule has 0 spiro atoms. The Morgan fingerprint density at radius 3 is 2.84 bits per heavy atom. The van der Waals surface area contributed by atoms with Crippen LogP contribution in [-0.4, -0.2) is 27.7 Å². The highest BCUT2D eigenvalue weighted by molar-refractivity contribution is 5.75. The van der Waals surface area contributed by atoms with Crippen molar-refractivity contribution in [2.24, 2.45) is 5.73 Å². The number of nitrogens with zero attached hydrogens (tertiary/aromatic N) is 3. The molecule has 2 N–H and O–H groups in total. The number of fused-ring (bicyclic) bond motifs is 1. The van der Waals surface area contributed by atoms with Crippen LogP contribution in [0.5, 0.6) is 0 Å². The van der Waals surface area contributed by atoms with Crippen LogP contribution in [0.15, 0.2) is 18.5 Å². The number of rotatable bonds is 1. The van der Waals surface area contributed by atoms with E-state index >= 15 is 0 Å². The molecule has 3 heterocycles. The fourth-order valence-corrected chi connectivity index (χ4v) is 2.70. The first-order valence-electron chi connectivity index (χ1n) is 6.62. The third-order valence-electron chi connectivity index (χ3n) is 3.63. The Bertz CT molecular complexity index is 605. The molecule has 0 aromatic carbocycles. The molecule has 0 bridgehead atoms. The van der Waals surface area contributed by atoms with Gasteiger partial charge in [0.25, 0.3) is 0 Å². The number of imidazole rings is 1. The molecule has 3 rings (SSSR count). The van der Waals surface area contributed by atoms with Crippen LogP contribution in [-0.2, 0) is 15.8 Å². The quantitative estimate of drug-likeness (QED) is 0.848. The van der Waals surface area contributed by atoms with E-state index in [0.717, 1.165) is 23.3 Å². The van der Waals surface area contributed by atoms with Gasteiger partial charge in [0.1, 0.15) is 16.9 Å². The number of pyridine rings is 1. The Labute approximate surface area is 112 Å². The van der Waals surface area contributed by atoms with Gasteiger partial charge in [-0.25, -0.2) is 4.98 Å². The molecule has 2 aromatic rings. The smallest absolute Gasteiger partial charge is 0.133 e. The minimum Gasteiger partial charge on any atom is -0.379 e. The summed E-state index contributed by atoms with van der Waals surface area (Å²) in [4.78, 5) is 8.88. The number of aromatic nitrogens is 3. The van der Waals surface area contributed by atoms with Crippen molar-refractivity contribution in [3.8, 4) is 0 Å². The summed E-state index contributed by atoms with van der Waals surface area (Å²) in [6.45, 7) is 7.72. The van der Waals surface area contributed by atoms with Crippen molar-refractivity contribution in [1.82, 2.24) is 14.5 Å². The predicted molar refractivity (Wildman–Crippen MR) is 73.8 cm³/mol. The van der Waals surface area contributed by atoms with E-state index in [0.29, 0.717) is 13.2 Å². The van der Waals surface area contributed by atoms with Crippen LogP contribution in [0, 0.1) is 0 Å². The first kappa shape index (κ1) is 12.6. The molecule has 1 aliphatic heterocycles. The molecule has 1 unspecified atom stereocenters. The second-order valence-corrected chi connectivity index (χ2v) is 6.26. The van der Waals surface area contributed by atoms with E-state index in [1.165, 1.54) is 0 Å². The molecule has 1 aliphatic rings. The summed E-state index contributed by atoms with van der Waals surface area (Å²) in [5, 5.41) is 0. The van der Waals surface area contributed by atoms with Crippen LogP contribution in [0.3, 0.4) is 0 Å². The average molecular weight is 260 g/mol. The van der Waals surface area contributed by atoms with Crippen molar-refractivity contribution >= 4 is 11.0 Å². The zero-order valence-electron chi connectivity index (χ0n) is 11.7. The van der Waals surface area contributed by atoms with Crippen molar-refractivity contribution in [1.29, 1.82) is 0 Å². The van der Waals surface area contributed by atoms with Crippen LogP contribution in [0.4, 0.5) is 0 Å². The van der Waals surface area contributed by atoms with Gasteiger partial charge in [-0.3, -0.25) is 4.98 Å². The molecule has 0 radical (unpaired) electrons. The average Bonchev–Trinajstić information content (AvgIpc) is 2.92.